The smallest absolute Gasteiger partial charge is 0.160 e. The summed E-state index contributed by atoms with van der Waals surface area (Å²) in [5.74, 6) is 1.12. The first-order chi connectivity index (χ1) is 8.36. The molecule has 4 nitrogen and oxygen atoms in total. The predicted molar refractivity (Wildman–Crippen MR) is 67.1 cm³/mol. The number of aromatic nitrogens is 3. The van der Waals surface area contributed by atoms with Crippen molar-refractivity contribution in [2.75, 3.05) is 13.1 Å². The van der Waals surface area contributed by atoms with Crippen molar-refractivity contribution >= 4 is 5.65 Å². The minimum Gasteiger partial charge on any atom is -0.316 e. The summed E-state index contributed by atoms with van der Waals surface area (Å²) in [5, 5.41) is 12.2. The van der Waals surface area contributed by atoms with Crippen LogP contribution in [-0.2, 0) is 5.41 Å². The van der Waals surface area contributed by atoms with E-state index < -0.39 is 0 Å². The summed E-state index contributed by atoms with van der Waals surface area (Å²) in [4.78, 5) is 0. The van der Waals surface area contributed by atoms with Crippen LogP contribution in [0.4, 0.5) is 0 Å². The van der Waals surface area contributed by atoms with Crippen LogP contribution < -0.4 is 5.32 Å². The summed E-state index contributed by atoms with van der Waals surface area (Å²) < 4.78 is 2.14. The molecule has 1 N–H and O–H groups in total. The monoisotopic (exact) mass is 230 g/mol. The Morgan fingerprint density at radius 1 is 1.41 bits per heavy atom. The van der Waals surface area contributed by atoms with Crippen LogP contribution >= 0.6 is 0 Å². The van der Waals surface area contributed by atoms with Gasteiger partial charge in [0.2, 0.25) is 0 Å². The second-order valence-electron chi connectivity index (χ2n) is 4.91. The van der Waals surface area contributed by atoms with Crippen LogP contribution in [0.25, 0.3) is 5.65 Å². The predicted octanol–water partition coefficient (Wildman–Crippen LogP) is 1.76. The number of hydrogen-bond donors (Lipinski definition) is 1. The summed E-state index contributed by atoms with van der Waals surface area (Å²) in [7, 11) is 0. The molecule has 0 amide bonds. The van der Waals surface area contributed by atoms with Crippen molar-refractivity contribution in [3.63, 3.8) is 0 Å². The van der Waals surface area contributed by atoms with Crippen LogP contribution in [-0.4, -0.2) is 27.7 Å². The molecule has 17 heavy (non-hydrogen) atoms. The van der Waals surface area contributed by atoms with Crippen LogP contribution in [0.1, 0.15) is 32.0 Å². The van der Waals surface area contributed by atoms with Crippen molar-refractivity contribution in [3.8, 4) is 0 Å². The minimum absolute atomic E-state index is 0.176. The number of rotatable bonds is 3. The molecule has 0 saturated carbocycles. The van der Waals surface area contributed by atoms with E-state index in [2.05, 4.69) is 33.0 Å². The van der Waals surface area contributed by atoms with E-state index in [0.29, 0.717) is 0 Å². The standard InChI is InChI=1S/C13H18N4/c1-2-6-13(7-8-14-10-13)12-16-15-11-5-3-4-9-17(11)12/h3-5,9,14H,2,6-8,10H2,1H3. The quantitative estimate of drug-likeness (QED) is 0.873. The first-order valence-corrected chi connectivity index (χ1v) is 6.37. The van der Waals surface area contributed by atoms with E-state index in [1.54, 1.807) is 0 Å². The fraction of sp³-hybridized carbons (Fsp3) is 0.538. The van der Waals surface area contributed by atoms with Crippen LogP contribution in [0, 0.1) is 0 Å². The highest BCUT2D eigenvalue weighted by Crippen LogP contribution is 2.34. The van der Waals surface area contributed by atoms with Gasteiger partial charge in [-0.1, -0.05) is 19.4 Å². The number of fused-ring (bicyclic) bond motifs is 1. The zero-order valence-electron chi connectivity index (χ0n) is 10.2. The summed E-state index contributed by atoms with van der Waals surface area (Å²) in [6, 6.07) is 6.06. The Morgan fingerprint density at radius 3 is 3.12 bits per heavy atom. The third-order valence-corrected chi connectivity index (χ3v) is 3.76. The van der Waals surface area contributed by atoms with Crippen molar-refractivity contribution in [2.24, 2.45) is 0 Å². The molecule has 2 aromatic rings. The summed E-state index contributed by atoms with van der Waals surface area (Å²) >= 11 is 0. The topological polar surface area (TPSA) is 42.2 Å². The second kappa shape index (κ2) is 4.11. The Labute approximate surface area is 101 Å². The molecule has 0 spiro atoms. The average Bonchev–Trinajstić information content (AvgIpc) is 2.96. The van der Waals surface area contributed by atoms with Gasteiger partial charge in [0, 0.05) is 18.2 Å². The molecule has 0 bridgehead atoms. The van der Waals surface area contributed by atoms with Crippen LogP contribution in [0.15, 0.2) is 24.4 Å². The van der Waals surface area contributed by atoms with Gasteiger partial charge in [0.15, 0.2) is 5.65 Å². The lowest BCUT2D eigenvalue weighted by Crippen LogP contribution is -2.31. The molecule has 3 rings (SSSR count). The Balaban J connectivity index is 2.12. The number of nitrogens with one attached hydrogen (secondary N) is 1. The van der Waals surface area contributed by atoms with Crippen LogP contribution in [0.2, 0.25) is 0 Å². The molecule has 3 heterocycles. The van der Waals surface area contributed by atoms with Gasteiger partial charge >= 0.3 is 0 Å². The molecule has 0 aromatic carbocycles. The zero-order valence-corrected chi connectivity index (χ0v) is 10.2. The van der Waals surface area contributed by atoms with E-state index in [1.807, 2.05) is 18.2 Å². The molecular formula is C13H18N4. The van der Waals surface area contributed by atoms with Gasteiger partial charge in [0.1, 0.15) is 5.82 Å². The molecule has 90 valence electrons. The summed E-state index contributed by atoms with van der Waals surface area (Å²) in [6.07, 6.45) is 5.59. The molecule has 1 fully saturated rings. The summed E-state index contributed by atoms with van der Waals surface area (Å²) in [6.45, 7) is 4.35. The van der Waals surface area contributed by atoms with E-state index in [1.165, 1.54) is 12.8 Å². The summed E-state index contributed by atoms with van der Waals surface area (Å²) in [5.41, 5.74) is 1.13. The van der Waals surface area contributed by atoms with E-state index in [4.69, 9.17) is 0 Å². The largest absolute Gasteiger partial charge is 0.316 e. The van der Waals surface area contributed by atoms with E-state index in [-0.39, 0.29) is 5.41 Å². The Hall–Kier alpha value is -1.42. The molecule has 1 saturated heterocycles. The minimum atomic E-state index is 0.176. The molecule has 2 aromatic heterocycles. The maximum Gasteiger partial charge on any atom is 0.160 e. The van der Waals surface area contributed by atoms with Gasteiger partial charge in [-0.3, -0.25) is 4.40 Å². The maximum atomic E-state index is 4.44. The van der Waals surface area contributed by atoms with E-state index in [0.717, 1.165) is 31.0 Å². The van der Waals surface area contributed by atoms with E-state index in [9.17, 15) is 0 Å². The van der Waals surface area contributed by atoms with Gasteiger partial charge in [0.25, 0.3) is 0 Å². The molecule has 1 aliphatic heterocycles. The average molecular weight is 230 g/mol. The highest BCUT2D eigenvalue weighted by molar-refractivity contribution is 5.38. The van der Waals surface area contributed by atoms with Crippen molar-refractivity contribution < 1.29 is 0 Å². The van der Waals surface area contributed by atoms with Crippen molar-refractivity contribution in [1.29, 1.82) is 0 Å². The lowest BCUT2D eigenvalue weighted by molar-refractivity contribution is 0.398. The van der Waals surface area contributed by atoms with Gasteiger partial charge in [-0.05, 0) is 31.5 Å². The fourth-order valence-corrected chi connectivity index (χ4v) is 2.94. The lowest BCUT2D eigenvalue weighted by atomic mass is 9.81. The van der Waals surface area contributed by atoms with Crippen molar-refractivity contribution in [1.82, 2.24) is 19.9 Å². The fourth-order valence-electron chi connectivity index (χ4n) is 2.94. The number of nitrogens with zero attached hydrogens (tertiary/aromatic N) is 3. The highest BCUT2D eigenvalue weighted by atomic mass is 15.3. The van der Waals surface area contributed by atoms with Crippen LogP contribution in [0.3, 0.4) is 0 Å². The second-order valence-corrected chi connectivity index (χ2v) is 4.91. The van der Waals surface area contributed by atoms with Gasteiger partial charge < -0.3 is 5.32 Å². The van der Waals surface area contributed by atoms with Gasteiger partial charge in [-0.25, -0.2) is 0 Å². The molecule has 4 heteroatoms. The maximum absolute atomic E-state index is 4.44. The Bertz CT molecular complexity index is 511. The normalized spacial score (nSPS) is 24.5. The highest BCUT2D eigenvalue weighted by Gasteiger charge is 2.38. The van der Waals surface area contributed by atoms with Crippen molar-refractivity contribution in [3.05, 3.63) is 30.2 Å². The van der Waals surface area contributed by atoms with Gasteiger partial charge in [-0.2, -0.15) is 0 Å². The first kappa shape index (κ1) is 10.7. The number of hydrogen-bond acceptors (Lipinski definition) is 3. The molecule has 1 unspecified atom stereocenters. The Kier molecular flexibility index (Phi) is 2.59. The molecular weight excluding hydrogens is 212 g/mol. The van der Waals surface area contributed by atoms with Crippen LogP contribution in [0.5, 0.6) is 0 Å². The molecule has 0 aliphatic carbocycles. The SMILES string of the molecule is CCCC1(c2nnc3ccccn23)CCNC1. The first-order valence-electron chi connectivity index (χ1n) is 6.37. The zero-order chi connectivity index (χ0) is 11.7. The van der Waals surface area contributed by atoms with E-state index >= 15 is 0 Å². The lowest BCUT2D eigenvalue weighted by Gasteiger charge is -2.25. The van der Waals surface area contributed by atoms with Gasteiger partial charge in [0.05, 0.1) is 0 Å². The van der Waals surface area contributed by atoms with Crippen molar-refractivity contribution in [2.45, 2.75) is 31.6 Å². The van der Waals surface area contributed by atoms with Gasteiger partial charge in [-0.15, -0.1) is 10.2 Å². The number of pyridine rings is 1. The third-order valence-electron chi connectivity index (χ3n) is 3.76. The molecule has 1 atom stereocenters. The Morgan fingerprint density at radius 2 is 2.35 bits per heavy atom. The molecule has 0 radical (unpaired) electrons. The molecule has 1 aliphatic rings. The third kappa shape index (κ3) is 1.63.